The van der Waals surface area contributed by atoms with Crippen molar-refractivity contribution in [3.05, 3.63) is 71.9 Å². The van der Waals surface area contributed by atoms with Crippen LogP contribution in [0.15, 0.2) is 55.0 Å². The Morgan fingerprint density at radius 2 is 1.84 bits per heavy atom. The molecule has 0 bridgehead atoms. The van der Waals surface area contributed by atoms with Gasteiger partial charge in [0.25, 0.3) is 0 Å². The number of hydrogen-bond acceptors (Lipinski definition) is 5. The minimum absolute atomic E-state index is 0.0745. The highest BCUT2D eigenvalue weighted by molar-refractivity contribution is 7.91. The molecule has 2 heterocycles. The van der Waals surface area contributed by atoms with Gasteiger partial charge in [-0.2, -0.15) is 13.2 Å². The lowest BCUT2D eigenvalue weighted by Crippen LogP contribution is -2.16. The number of rotatable bonds is 6. The largest absolute Gasteiger partial charge is 0.416 e. The van der Waals surface area contributed by atoms with Gasteiger partial charge in [-0.15, -0.1) is 0 Å². The summed E-state index contributed by atoms with van der Waals surface area (Å²) in [5.74, 6) is -1.34. The van der Waals surface area contributed by atoms with Crippen LogP contribution in [-0.4, -0.2) is 23.0 Å². The number of benzene rings is 2. The molecular formula is C25H23F4N5O2S. The molecule has 3 N–H and O–H groups in total. The molecule has 1 aliphatic rings. The number of sulfonamides is 1. The Labute approximate surface area is 210 Å². The summed E-state index contributed by atoms with van der Waals surface area (Å²) in [5.41, 5.74) is 6.53. The first-order valence-corrected chi connectivity index (χ1v) is 13.2. The topological polar surface area (TPSA) is 103 Å². The van der Waals surface area contributed by atoms with E-state index in [1.54, 1.807) is 6.07 Å². The molecule has 2 aromatic carbocycles. The number of alkyl halides is 3. The van der Waals surface area contributed by atoms with Crippen LogP contribution in [0.5, 0.6) is 0 Å². The van der Waals surface area contributed by atoms with Gasteiger partial charge in [-0.1, -0.05) is 37.1 Å². The lowest BCUT2D eigenvalue weighted by atomic mass is 10.1. The van der Waals surface area contributed by atoms with Gasteiger partial charge < -0.3 is 10.3 Å². The van der Waals surface area contributed by atoms with Crippen LogP contribution >= 0.6 is 0 Å². The molecule has 0 spiro atoms. The number of nitrogens with zero attached hydrogens (tertiary/aromatic N) is 3. The number of nitrogens with two attached hydrogens (primary N) is 1. The van der Waals surface area contributed by atoms with Gasteiger partial charge in [0.2, 0.25) is 10.0 Å². The van der Waals surface area contributed by atoms with Crippen molar-refractivity contribution < 1.29 is 26.0 Å². The molecule has 0 amide bonds. The minimum Gasteiger partial charge on any atom is -0.383 e. The average Bonchev–Trinajstić information content (AvgIpc) is 3.48. The summed E-state index contributed by atoms with van der Waals surface area (Å²) in [6.07, 6.45) is 2.84. The Morgan fingerprint density at radius 3 is 2.54 bits per heavy atom. The first kappa shape index (κ1) is 25.0. The maximum Gasteiger partial charge on any atom is 0.416 e. The summed E-state index contributed by atoms with van der Waals surface area (Å²) in [6, 6.07) is 8.24. The Balaban J connectivity index is 1.43. The SMILES string of the molecule is Nc1ncnc2c1c(-c1ccc(NS(=O)(=O)Cc3cccc(C(F)(F)F)c3)c(F)c1)cn2C1CCCC1. The van der Waals surface area contributed by atoms with Crippen molar-refractivity contribution in [2.75, 3.05) is 10.5 Å². The van der Waals surface area contributed by atoms with E-state index in [4.69, 9.17) is 5.73 Å². The van der Waals surface area contributed by atoms with Gasteiger partial charge >= 0.3 is 6.18 Å². The molecule has 194 valence electrons. The number of hydrogen-bond donors (Lipinski definition) is 2. The molecular weight excluding hydrogens is 510 g/mol. The predicted molar refractivity (Wildman–Crippen MR) is 133 cm³/mol. The number of nitrogen functional groups attached to an aromatic ring is 1. The smallest absolute Gasteiger partial charge is 0.383 e. The molecule has 2 aromatic heterocycles. The molecule has 1 aliphatic carbocycles. The Kier molecular flexibility index (Phi) is 6.30. The molecule has 12 heteroatoms. The maximum absolute atomic E-state index is 15.1. The van der Waals surface area contributed by atoms with Crippen molar-refractivity contribution >= 4 is 32.6 Å². The fraction of sp³-hybridized carbons (Fsp3) is 0.280. The number of fused-ring (bicyclic) bond motifs is 1. The summed E-state index contributed by atoms with van der Waals surface area (Å²) in [6.45, 7) is 0. The molecule has 37 heavy (non-hydrogen) atoms. The number of anilines is 2. The second kappa shape index (κ2) is 9.33. The van der Waals surface area contributed by atoms with Gasteiger partial charge in [-0.3, -0.25) is 4.72 Å². The van der Waals surface area contributed by atoms with Crippen LogP contribution in [0.3, 0.4) is 0 Å². The highest BCUT2D eigenvalue weighted by atomic mass is 32.2. The fourth-order valence-electron chi connectivity index (χ4n) is 4.81. The van der Waals surface area contributed by atoms with Gasteiger partial charge in [0, 0.05) is 17.8 Å². The van der Waals surface area contributed by atoms with Crippen LogP contribution in [-0.2, 0) is 22.0 Å². The Hall–Kier alpha value is -3.67. The van der Waals surface area contributed by atoms with Gasteiger partial charge in [-0.25, -0.2) is 22.8 Å². The van der Waals surface area contributed by atoms with Crippen LogP contribution in [0, 0.1) is 5.82 Å². The van der Waals surface area contributed by atoms with Gasteiger partial charge in [0.05, 0.1) is 22.4 Å². The molecule has 7 nitrogen and oxygen atoms in total. The van der Waals surface area contributed by atoms with E-state index in [0.717, 1.165) is 43.9 Å². The van der Waals surface area contributed by atoms with Crippen molar-refractivity contribution in [3.8, 4) is 11.1 Å². The van der Waals surface area contributed by atoms with E-state index in [0.29, 0.717) is 22.2 Å². The Morgan fingerprint density at radius 1 is 1.08 bits per heavy atom. The number of aromatic nitrogens is 3. The zero-order valence-corrected chi connectivity index (χ0v) is 20.3. The zero-order valence-electron chi connectivity index (χ0n) is 19.5. The summed E-state index contributed by atoms with van der Waals surface area (Å²) >= 11 is 0. The van der Waals surface area contributed by atoms with Crippen molar-refractivity contribution in [3.63, 3.8) is 0 Å². The fourth-order valence-corrected chi connectivity index (χ4v) is 6.01. The third-order valence-electron chi connectivity index (χ3n) is 6.51. The summed E-state index contributed by atoms with van der Waals surface area (Å²) < 4.78 is 83.4. The summed E-state index contributed by atoms with van der Waals surface area (Å²) in [7, 11) is -4.20. The summed E-state index contributed by atoms with van der Waals surface area (Å²) in [4.78, 5) is 8.48. The van der Waals surface area contributed by atoms with E-state index in [-0.39, 0.29) is 23.1 Å². The zero-order chi connectivity index (χ0) is 26.4. The van der Waals surface area contributed by atoms with E-state index < -0.39 is 33.3 Å². The quantitative estimate of drug-likeness (QED) is 0.301. The molecule has 1 saturated carbocycles. The number of nitrogens with one attached hydrogen (secondary N) is 1. The van der Waals surface area contributed by atoms with E-state index in [1.807, 2.05) is 10.8 Å². The van der Waals surface area contributed by atoms with Gasteiger partial charge in [0.1, 0.15) is 23.6 Å². The second-order valence-electron chi connectivity index (χ2n) is 9.10. The second-order valence-corrected chi connectivity index (χ2v) is 10.8. The maximum atomic E-state index is 15.1. The van der Waals surface area contributed by atoms with Crippen LogP contribution in [0.25, 0.3) is 22.2 Å². The normalized spacial score (nSPS) is 14.9. The standard InChI is InChI=1S/C25H23F4N5O2S/c26-20-11-16(19-12-34(18-6-1-2-7-18)24-22(19)23(30)31-14-32-24)8-9-21(20)33-37(35,36)13-15-4-3-5-17(10-15)25(27,28)29/h3-5,8-12,14,18,33H,1-2,6-7,13H2,(H2,30,31,32). The van der Waals surface area contributed by atoms with Crippen molar-refractivity contribution in [1.29, 1.82) is 0 Å². The van der Waals surface area contributed by atoms with Crippen LogP contribution in [0.1, 0.15) is 42.9 Å². The molecule has 0 saturated heterocycles. The van der Waals surface area contributed by atoms with Crippen molar-refractivity contribution in [1.82, 2.24) is 14.5 Å². The van der Waals surface area contributed by atoms with E-state index in [9.17, 15) is 21.6 Å². The third-order valence-corrected chi connectivity index (χ3v) is 7.76. The van der Waals surface area contributed by atoms with Crippen LogP contribution in [0.2, 0.25) is 0 Å². The van der Waals surface area contributed by atoms with E-state index in [2.05, 4.69) is 14.7 Å². The first-order valence-electron chi connectivity index (χ1n) is 11.6. The molecule has 4 aromatic rings. The third kappa shape index (κ3) is 5.10. The monoisotopic (exact) mass is 533 g/mol. The lowest BCUT2D eigenvalue weighted by molar-refractivity contribution is -0.137. The predicted octanol–water partition coefficient (Wildman–Crippen LogP) is 5.90. The highest BCUT2D eigenvalue weighted by Gasteiger charge is 2.31. The van der Waals surface area contributed by atoms with E-state index >= 15 is 4.39 Å². The van der Waals surface area contributed by atoms with Crippen molar-refractivity contribution in [2.24, 2.45) is 0 Å². The molecule has 0 atom stereocenters. The van der Waals surface area contributed by atoms with Crippen molar-refractivity contribution in [2.45, 2.75) is 43.7 Å². The molecule has 0 unspecified atom stereocenters. The Bertz CT molecular complexity index is 1580. The van der Waals surface area contributed by atoms with Gasteiger partial charge in [0.15, 0.2) is 0 Å². The van der Waals surface area contributed by atoms with E-state index in [1.165, 1.54) is 24.5 Å². The number of halogens is 4. The molecule has 1 fully saturated rings. The molecule has 5 rings (SSSR count). The average molecular weight is 534 g/mol. The lowest BCUT2D eigenvalue weighted by Gasteiger charge is -2.12. The minimum atomic E-state index is -4.61. The molecule has 0 radical (unpaired) electrons. The highest BCUT2D eigenvalue weighted by Crippen LogP contribution is 2.39. The van der Waals surface area contributed by atoms with Gasteiger partial charge in [-0.05, 0) is 42.2 Å². The van der Waals surface area contributed by atoms with Crippen LogP contribution in [0.4, 0.5) is 29.1 Å². The molecule has 0 aliphatic heterocycles. The van der Waals surface area contributed by atoms with Crippen LogP contribution < -0.4 is 10.5 Å². The summed E-state index contributed by atoms with van der Waals surface area (Å²) in [5, 5.41) is 0.590. The first-order chi connectivity index (χ1) is 17.5.